The van der Waals surface area contributed by atoms with Crippen LogP contribution < -0.4 is 0 Å². The van der Waals surface area contributed by atoms with E-state index in [0.717, 1.165) is 0 Å². The maximum absolute atomic E-state index is 2.36. The molecule has 0 fully saturated rings. The molecule has 0 N–H and O–H groups in total. The fourth-order valence-corrected chi connectivity index (χ4v) is 2.58. The van der Waals surface area contributed by atoms with Crippen LogP contribution >= 0.6 is 0 Å². The van der Waals surface area contributed by atoms with E-state index in [1.54, 1.807) is 0 Å². The maximum Gasteiger partial charge on any atom is -0.0171 e. The molecule has 1 aliphatic rings. The molecule has 0 heterocycles. The summed E-state index contributed by atoms with van der Waals surface area (Å²) in [6, 6.07) is 0. The minimum atomic E-state index is 1.29. The highest BCUT2D eigenvalue weighted by molar-refractivity contribution is 4.94. The van der Waals surface area contributed by atoms with Gasteiger partial charge in [0.05, 0.1) is 0 Å². The van der Waals surface area contributed by atoms with Crippen molar-refractivity contribution in [3.63, 3.8) is 0 Å². The van der Waals surface area contributed by atoms with Gasteiger partial charge in [-0.05, 0) is 25.7 Å². The van der Waals surface area contributed by atoms with E-state index in [-0.39, 0.29) is 0 Å². The Morgan fingerprint density at radius 2 is 0.824 bits per heavy atom. The lowest BCUT2D eigenvalue weighted by molar-refractivity contribution is 0.542. The lowest BCUT2D eigenvalue weighted by Crippen LogP contribution is -1.82. The molecule has 0 spiro atoms. The molecule has 0 nitrogen and oxygen atoms in total. The van der Waals surface area contributed by atoms with Gasteiger partial charge in [0.1, 0.15) is 0 Å². The van der Waals surface area contributed by atoms with Crippen molar-refractivity contribution in [3.8, 4) is 0 Å². The molecule has 0 bridgehead atoms. The summed E-state index contributed by atoms with van der Waals surface area (Å²) in [4.78, 5) is 0. The van der Waals surface area contributed by atoms with Crippen LogP contribution in [0.3, 0.4) is 0 Å². The average molecular weight is 235 g/mol. The SMILES string of the molecule is [CH]1/C=C/CCCCCCCCCCCCCC1. The standard InChI is InChI=1S/C17H31/c1-2-4-6-8-10-12-14-16-17-15-13-11-9-7-5-3-1/h1-3H,4-17H2/b2-1+. The molecule has 0 aromatic heterocycles. The Kier molecular flexibility index (Phi) is 10.6. The molecule has 99 valence electrons. The van der Waals surface area contributed by atoms with Gasteiger partial charge >= 0.3 is 0 Å². The molecule has 1 rings (SSSR count). The van der Waals surface area contributed by atoms with Crippen LogP contribution in [-0.4, -0.2) is 0 Å². The van der Waals surface area contributed by atoms with Crippen LogP contribution in [0.5, 0.6) is 0 Å². The van der Waals surface area contributed by atoms with E-state index in [1.807, 2.05) is 0 Å². The molecule has 0 saturated carbocycles. The van der Waals surface area contributed by atoms with Crippen LogP contribution in [0.15, 0.2) is 12.2 Å². The Labute approximate surface area is 109 Å². The van der Waals surface area contributed by atoms with Crippen LogP contribution in [0.2, 0.25) is 0 Å². The fraction of sp³-hybridized carbons (Fsp3) is 0.824. The van der Waals surface area contributed by atoms with E-state index in [0.29, 0.717) is 0 Å². The summed E-state index contributed by atoms with van der Waals surface area (Å²) in [5.74, 6) is 0. The highest BCUT2D eigenvalue weighted by atomic mass is 14.0. The zero-order valence-electron chi connectivity index (χ0n) is 11.6. The van der Waals surface area contributed by atoms with Crippen molar-refractivity contribution in [3.05, 3.63) is 18.6 Å². The zero-order chi connectivity index (χ0) is 12.0. The van der Waals surface area contributed by atoms with Crippen LogP contribution in [0, 0.1) is 6.42 Å². The molecule has 17 heavy (non-hydrogen) atoms. The Morgan fingerprint density at radius 1 is 0.412 bits per heavy atom. The molecule has 1 aliphatic carbocycles. The van der Waals surface area contributed by atoms with Crippen molar-refractivity contribution in [2.24, 2.45) is 0 Å². The van der Waals surface area contributed by atoms with Gasteiger partial charge in [-0.3, -0.25) is 0 Å². The minimum absolute atomic E-state index is 1.29. The lowest BCUT2D eigenvalue weighted by atomic mass is 10.0. The van der Waals surface area contributed by atoms with Crippen molar-refractivity contribution >= 4 is 0 Å². The molecule has 0 aliphatic heterocycles. The highest BCUT2D eigenvalue weighted by Gasteiger charge is 1.94. The van der Waals surface area contributed by atoms with Crippen molar-refractivity contribution in [2.45, 2.75) is 89.9 Å². The quantitative estimate of drug-likeness (QED) is 0.467. The number of hydrogen-bond donors (Lipinski definition) is 0. The minimum Gasteiger partial charge on any atom is -0.0882 e. The molecular weight excluding hydrogens is 204 g/mol. The first kappa shape index (κ1) is 14.8. The van der Waals surface area contributed by atoms with Crippen LogP contribution in [-0.2, 0) is 0 Å². The average Bonchev–Trinajstić information content (AvgIpc) is 2.35. The van der Waals surface area contributed by atoms with Crippen molar-refractivity contribution in [1.29, 1.82) is 0 Å². The first-order valence-corrected chi connectivity index (χ1v) is 7.98. The normalized spacial score (nSPS) is 24.9. The summed E-state index contributed by atoms with van der Waals surface area (Å²) in [5.41, 5.74) is 0. The van der Waals surface area contributed by atoms with Crippen LogP contribution in [0.1, 0.15) is 89.9 Å². The second kappa shape index (κ2) is 12.2. The van der Waals surface area contributed by atoms with Crippen LogP contribution in [0.4, 0.5) is 0 Å². The molecule has 0 amide bonds. The van der Waals surface area contributed by atoms with Crippen LogP contribution in [0.25, 0.3) is 0 Å². The third-order valence-corrected chi connectivity index (χ3v) is 3.76. The second-order valence-corrected chi connectivity index (χ2v) is 5.48. The molecule has 0 heteroatoms. The summed E-state index contributed by atoms with van der Waals surface area (Å²) >= 11 is 0. The van der Waals surface area contributed by atoms with Gasteiger partial charge in [0.2, 0.25) is 0 Å². The molecule has 1 radical (unpaired) electrons. The predicted molar refractivity (Wildman–Crippen MR) is 78.1 cm³/mol. The maximum atomic E-state index is 2.36. The van der Waals surface area contributed by atoms with E-state index in [9.17, 15) is 0 Å². The molecule has 0 atom stereocenters. The Balaban J connectivity index is 2.07. The van der Waals surface area contributed by atoms with Gasteiger partial charge < -0.3 is 0 Å². The highest BCUT2D eigenvalue weighted by Crippen LogP contribution is 2.14. The van der Waals surface area contributed by atoms with Gasteiger partial charge in [0.25, 0.3) is 0 Å². The van der Waals surface area contributed by atoms with Crippen molar-refractivity contribution in [2.75, 3.05) is 0 Å². The first-order chi connectivity index (χ1) is 8.50. The van der Waals surface area contributed by atoms with E-state index in [2.05, 4.69) is 18.6 Å². The van der Waals surface area contributed by atoms with Crippen molar-refractivity contribution in [1.82, 2.24) is 0 Å². The van der Waals surface area contributed by atoms with Gasteiger partial charge in [-0.15, -0.1) is 0 Å². The third-order valence-electron chi connectivity index (χ3n) is 3.76. The van der Waals surface area contributed by atoms with E-state index in [4.69, 9.17) is 0 Å². The monoisotopic (exact) mass is 235 g/mol. The second-order valence-electron chi connectivity index (χ2n) is 5.48. The van der Waals surface area contributed by atoms with Gasteiger partial charge in [0.15, 0.2) is 0 Å². The van der Waals surface area contributed by atoms with Crippen molar-refractivity contribution < 1.29 is 0 Å². The summed E-state index contributed by atoms with van der Waals surface area (Å²) in [5, 5.41) is 0. The Bertz CT molecular complexity index is 151. The topological polar surface area (TPSA) is 0 Å². The van der Waals surface area contributed by atoms with Gasteiger partial charge in [-0.2, -0.15) is 0 Å². The molecule has 0 saturated heterocycles. The number of hydrogen-bond acceptors (Lipinski definition) is 0. The van der Waals surface area contributed by atoms with Gasteiger partial charge in [-0.1, -0.05) is 82.8 Å². The van der Waals surface area contributed by atoms with Gasteiger partial charge in [-0.25, -0.2) is 0 Å². The summed E-state index contributed by atoms with van der Waals surface area (Å²) in [6.07, 6.45) is 27.0. The molecular formula is C17H31. The number of allylic oxidation sites excluding steroid dienone is 2. The zero-order valence-corrected chi connectivity index (χ0v) is 11.6. The summed E-state index contributed by atoms with van der Waals surface area (Å²) in [7, 11) is 0. The third kappa shape index (κ3) is 10.6. The van der Waals surface area contributed by atoms with E-state index >= 15 is 0 Å². The largest absolute Gasteiger partial charge is 0.0882 e. The predicted octanol–water partition coefficient (Wildman–Crippen LogP) is 6.22. The molecule has 0 aromatic rings. The Hall–Kier alpha value is -0.260. The molecule has 0 aromatic carbocycles. The first-order valence-electron chi connectivity index (χ1n) is 7.98. The number of rotatable bonds is 0. The summed E-state index contributed by atoms with van der Waals surface area (Å²) in [6.45, 7) is 0. The lowest BCUT2D eigenvalue weighted by Gasteiger charge is -2.02. The smallest absolute Gasteiger partial charge is 0.0171 e. The van der Waals surface area contributed by atoms with E-state index in [1.165, 1.54) is 89.9 Å². The molecule has 0 unspecified atom stereocenters. The summed E-state index contributed by atoms with van der Waals surface area (Å²) < 4.78 is 0. The van der Waals surface area contributed by atoms with Gasteiger partial charge in [0, 0.05) is 0 Å². The fourth-order valence-electron chi connectivity index (χ4n) is 2.58. The van der Waals surface area contributed by atoms with E-state index < -0.39 is 0 Å². The Morgan fingerprint density at radius 3 is 1.35 bits per heavy atom.